The molecule has 1 unspecified atom stereocenters. The van der Waals surface area contributed by atoms with Crippen LogP contribution >= 0.6 is 15.9 Å². The van der Waals surface area contributed by atoms with Crippen LogP contribution in [0.15, 0.2) is 16.6 Å². The van der Waals surface area contributed by atoms with E-state index in [1.807, 2.05) is 19.1 Å². The summed E-state index contributed by atoms with van der Waals surface area (Å²) in [5, 5.41) is 22.6. The first-order valence-corrected chi connectivity index (χ1v) is 7.48. The molecule has 0 spiro atoms. The average Bonchev–Trinajstić information content (AvgIpc) is 2.31. The third-order valence-corrected chi connectivity index (χ3v) is 3.69. The van der Waals surface area contributed by atoms with Crippen molar-refractivity contribution in [3.05, 3.63) is 22.2 Å². The summed E-state index contributed by atoms with van der Waals surface area (Å²) in [6.45, 7) is 7.54. The topological polar surface area (TPSA) is 61.7 Å². The van der Waals surface area contributed by atoms with Crippen molar-refractivity contribution in [2.45, 2.75) is 39.8 Å². The quantitative estimate of drug-likeness (QED) is 0.710. The van der Waals surface area contributed by atoms with Gasteiger partial charge in [-0.15, -0.1) is 0 Å². The van der Waals surface area contributed by atoms with Gasteiger partial charge in [0.05, 0.1) is 17.7 Å². The van der Waals surface area contributed by atoms with Gasteiger partial charge in [0.15, 0.2) is 11.5 Å². The number of halogens is 1. The van der Waals surface area contributed by atoms with Crippen LogP contribution < -0.4 is 10.1 Å². The first kappa shape index (κ1) is 17.3. The molecule has 0 fully saturated rings. The predicted molar refractivity (Wildman–Crippen MR) is 84.1 cm³/mol. The highest BCUT2D eigenvalue weighted by atomic mass is 79.9. The number of rotatable bonds is 7. The standard InChI is InChI=1S/C15H24BrNO3/c1-10(18)7-15(2,3)9-17-8-11-5-12(16)14(19)13(6-11)20-4/h5-6,10,17-19H,7-9H2,1-4H3. The van der Waals surface area contributed by atoms with Gasteiger partial charge in [0.25, 0.3) is 0 Å². The van der Waals surface area contributed by atoms with Crippen molar-refractivity contribution >= 4 is 15.9 Å². The molecule has 4 nitrogen and oxygen atoms in total. The maximum Gasteiger partial charge on any atom is 0.172 e. The largest absolute Gasteiger partial charge is 0.503 e. The molecule has 1 aromatic carbocycles. The van der Waals surface area contributed by atoms with Crippen molar-refractivity contribution in [1.82, 2.24) is 5.32 Å². The summed E-state index contributed by atoms with van der Waals surface area (Å²) in [6.07, 6.45) is 0.456. The molecule has 1 atom stereocenters. The summed E-state index contributed by atoms with van der Waals surface area (Å²) in [6, 6.07) is 3.68. The molecule has 0 amide bonds. The van der Waals surface area contributed by atoms with Crippen LogP contribution in [0.2, 0.25) is 0 Å². The number of aromatic hydroxyl groups is 1. The number of ether oxygens (including phenoxy) is 1. The molecule has 0 saturated carbocycles. The number of aliphatic hydroxyl groups excluding tert-OH is 1. The SMILES string of the molecule is COc1cc(CNCC(C)(C)CC(C)O)cc(Br)c1O. The number of hydrogen-bond acceptors (Lipinski definition) is 4. The van der Waals surface area contributed by atoms with Gasteiger partial charge in [-0.2, -0.15) is 0 Å². The van der Waals surface area contributed by atoms with Crippen LogP contribution in [0.25, 0.3) is 0 Å². The second-order valence-electron chi connectivity index (χ2n) is 5.95. The molecule has 1 aromatic rings. The van der Waals surface area contributed by atoms with Crippen LogP contribution in [0.5, 0.6) is 11.5 Å². The first-order chi connectivity index (χ1) is 9.25. The fourth-order valence-electron chi connectivity index (χ4n) is 2.30. The van der Waals surface area contributed by atoms with E-state index in [-0.39, 0.29) is 17.3 Å². The maximum atomic E-state index is 9.76. The number of phenolic OH excluding ortho intramolecular Hbond substituents is 1. The van der Waals surface area contributed by atoms with Crippen LogP contribution in [0.4, 0.5) is 0 Å². The van der Waals surface area contributed by atoms with Gasteiger partial charge in [-0.1, -0.05) is 13.8 Å². The average molecular weight is 346 g/mol. The molecule has 0 aliphatic rings. The number of nitrogens with one attached hydrogen (secondary N) is 1. The molecule has 0 aromatic heterocycles. The molecule has 0 aliphatic carbocycles. The van der Waals surface area contributed by atoms with Crippen molar-refractivity contribution in [2.75, 3.05) is 13.7 Å². The maximum absolute atomic E-state index is 9.76. The van der Waals surface area contributed by atoms with Crippen molar-refractivity contribution in [1.29, 1.82) is 0 Å². The van der Waals surface area contributed by atoms with E-state index < -0.39 is 0 Å². The number of aliphatic hydroxyl groups is 1. The predicted octanol–water partition coefficient (Wildman–Crippen LogP) is 3.05. The summed E-state index contributed by atoms with van der Waals surface area (Å²) in [7, 11) is 1.53. The van der Waals surface area contributed by atoms with Gasteiger partial charge in [0, 0.05) is 13.1 Å². The molecule has 3 N–H and O–H groups in total. The number of phenols is 1. The Morgan fingerprint density at radius 1 is 1.40 bits per heavy atom. The first-order valence-electron chi connectivity index (χ1n) is 6.69. The number of benzene rings is 1. The Morgan fingerprint density at radius 3 is 2.60 bits per heavy atom. The van der Waals surface area contributed by atoms with E-state index in [0.717, 1.165) is 18.5 Å². The second-order valence-corrected chi connectivity index (χ2v) is 6.80. The zero-order valence-corrected chi connectivity index (χ0v) is 14.1. The Kier molecular flexibility index (Phi) is 6.30. The molecule has 0 heterocycles. The number of hydrogen-bond donors (Lipinski definition) is 3. The van der Waals surface area contributed by atoms with Crippen LogP contribution in [-0.2, 0) is 6.54 Å². The van der Waals surface area contributed by atoms with E-state index in [0.29, 0.717) is 16.8 Å². The van der Waals surface area contributed by atoms with E-state index in [1.54, 1.807) is 0 Å². The van der Waals surface area contributed by atoms with Crippen LogP contribution in [0.3, 0.4) is 0 Å². The molecule has 5 heteroatoms. The second kappa shape index (κ2) is 7.29. The molecule has 0 saturated heterocycles. The minimum Gasteiger partial charge on any atom is -0.503 e. The summed E-state index contributed by atoms with van der Waals surface area (Å²) >= 11 is 3.31. The summed E-state index contributed by atoms with van der Waals surface area (Å²) < 4.78 is 5.75. The Balaban J connectivity index is 2.60. The lowest BCUT2D eigenvalue weighted by Gasteiger charge is -2.26. The Bertz CT molecular complexity index is 447. The lowest BCUT2D eigenvalue weighted by atomic mass is 9.87. The van der Waals surface area contributed by atoms with E-state index in [9.17, 15) is 10.2 Å². The molecule has 1 rings (SSSR count). The summed E-state index contributed by atoms with van der Waals surface area (Å²) in [5.74, 6) is 0.574. The minimum atomic E-state index is -0.297. The van der Waals surface area contributed by atoms with E-state index >= 15 is 0 Å². The van der Waals surface area contributed by atoms with Crippen molar-refractivity contribution in [2.24, 2.45) is 5.41 Å². The third-order valence-electron chi connectivity index (χ3n) is 3.09. The van der Waals surface area contributed by atoms with Crippen molar-refractivity contribution < 1.29 is 14.9 Å². The molecular weight excluding hydrogens is 322 g/mol. The Labute approximate surface area is 129 Å². The normalized spacial score (nSPS) is 13.3. The molecule has 0 bridgehead atoms. The highest BCUT2D eigenvalue weighted by Gasteiger charge is 2.19. The van der Waals surface area contributed by atoms with Crippen molar-refractivity contribution in [3.63, 3.8) is 0 Å². The van der Waals surface area contributed by atoms with Gasteiger partial charge < -0.3 is 20.3 Å². The molecule has 0 radical (unpaired) electrons. The molecular formula is C15H24BrNO3. The smallest absolute Gasteiger partial charge is 0.172 e. The van der Waals surface area contributed by atoms with Gasteiger partial charge >= 0.3 is 0 Å². The summed E-state index contributed by atoms with van der Waals surface area (Å²) in [5.41, 5.74) is 1.06. The fourth-order valence-corrected chi connectivity index (χ4v) is 2.79. The highest BCUT2D eigenvalue weighted by molar-refractivity contribution is 9.10. The van der Waals surface area contributed by atoms with E-state index in [2.05, 4.69) is 35.1 Å². The van der Waals surface area contributed by atoms with Gasteiger partial charge in [0.2, 0.25) is 0 Å². The van der Waals surface area contributed by atoms with Crippen LogP contribution in [0.1, 0.15) is 32.8 Å². The Hall–Kier alpha value is -0.780. The van der Waals surface area contributed by atoms with E-state index in [1.165, 1.54) is 7.11 Å². The lowest BCUT2D eigenvalue weighted by molar-refractivity contribution is 0.128. The fraction of sp³-hybridized carbons (Fsp3) is 0.600. The van der Waals surface area contributed by atoms with Gasteiger partial charge in [-0.05, 0) is 52.4 Å². The molecule has 20 heavy (non-hydrogen) atoms. The lowest BCUT2D eigenvalue weighted by Crippen LogP contribution is -2.31. The third kappa shape index (κ3) is 5.31. The van der Waals surface area contributed by atoms with E-state index in [4.69, 9.17) is 4.74 Å². The van der Waals surface area contributed by atoms with Gasteiger partial charge in [-0.25, -0.2) is 0 Å². The zero-order chi connectivity index (χ0) is 15.3. The summed E-state index contributed by atoms with van der Waals surface area (Å²) in [4.78, 5) is 0. The molecule has 0 aliphatic heterocycles. The minimum absolute atomic E-state index is 0.0341. The van der Waals surface area contributed by atoms with Crippen LogP contribution in [0, 0.1) is 5.41 Å². The monoisotopic (exact) mass is 345 g/mol. The number of methoxy groups -OCH3 is 1. The molecule has 114 valence electrons. The Morgan fingerprint density at radius 2 is 2.05 bits per heavy atom. The van der Waals surface area contributed by atoms with Crippen molar-refractivity contribution in [3.8, 4) is 11.5 Å². The zero-order valence-electron chi connectivity index (χ0n) is 12.5. The van der Waals surface area contributed by atoms with Crippen LogP contribution in [-0.4, -0.2) is 30.0 Å². The van der Waals surface area contributed by atoms with Gasteiger partial charge in [-0.3, -0.25) is 0 Å². The van der Waals surface area contributed by atoms with Gasteiger partial charge in [0.1, 0.15) is 0 Å². The highest BCUT2D eigenvalue weighted by Crippen LogP contribution is 2.35.